The molecule has 7 nitrogen and oxygen atoms in total. The van der Waals surface area contributed by atoms with Crippen LogP contribution in [0.4, 0.5) is 5.69 Å². The molecule has 0 radical (unpaired) electrons. The molecule has 1 aromatic heterocycles. The van der Waals surface area contributed by atoms with Crippen LogP contribution < -0.4 is 15.6 Å². The molecule has 4 aromatic rings. The number of hydrogen-bond acceptors (Lipinski definition) is 5. The molecule has 1 amide bonds. The molecule has 35 heavy (non-hydrogen) atoms. The molecule has 0 aliphatic carbocycles. The van der Waals surface area contributed by atoms with Crippen molar-refractivity contribution in [3.8, 4) is 5.75 Å². The number of anilines is 1. The highest BCUT2D eigenvalue weighted by Gasteiger charge is 2.11. The molecule has 0 saturated heterocycles. The van der Waals surface area contributed by atoms with Crippen molar-refractivity contribution in [2.45, 2.75) is 26.7 Å². The highest BCUT2D eigenvalue weighted by Crippen LogP contribution is 2.18. The van der Waals surface area contributed by atoms with Crippen LogP contribution in [0.5, 0.6) is 5.75 Å². The van der Waals surface area contributed by atoms with E-state index < -0.39 is 0 Å². The van der Waals surface area contributed by atoms with Gasteiger partial charge in [-0.2, -0.15) is 9.78 Å². The monoisotopic (exact) mass is 532 g/mol. The first-order valence-electron chi connectivity index (χ1n) is 11.3. The fraction of sp³-hybridized carbons (Fsp3) is 0.185. The number of carbonyl (C=O) groups excluding carboxylic acids is 1. The van der Waals surface area contributed by atoms with Gasteiger partial charge >= 0.3 is 0 Å². The maximum atomic E-state index is 13.2. The lowest BCUT2D eigenvalue weighted by molar-refractivity contribution is -0.118. The maximum Gasteiger partial charge on any atom is 0.282 e. The van der Waals surface area contributed by atoms with E-state index in [0.29, 0.717) is 40.1 Å². The Labute approximate surface area is 211 Å². The summed E-state index contributed by atoms with van der Waals surface area (Å²) in [5.74, 6) is 0.794. The standard InChI is InChI=1S/C27H25BrN4O3/c1-3-6-25-31-23-14-11-20(28)15-22(23)27(34)32(25)29-16-19-7-4-5-8-24(19)35-17-26(33)30-21-12-9-18(2)10-13-21/h4-5,7-16H,3,6,17H2,1-2H3,(H,30,33). The molecule has 0 aliphatic rings. The number of halogens is 1. The summed E-state index contributed by atoms with van der Waals surface area (Å²) in [5, 5.41) is 7.75. The topological polar surface area (TPSA) is 85.6 Å². The molecule has 0 saturated carbocycles. The van der Waals surface area contributed by atoms with Crippen LogP contribution in [0.25, 0.3) is 10.9 Å². The third kappa shape index (κ3) is 6.02. The van der Waals surface area contributed by atoms with Crippen molar-refractivity contribution >= 4 is 44.6 Å². The first-order chi connectivity index (χ1) is 16.9. The Bertz CT molecular complexity index is 1450. The van der Waals surface area contributed by atoms with Gasteiger partial charge in [-0.15, -0.1) is 0 Å². The molecular weight excluding hydrogens is 508 g/mol. The van der Waals surface area contributed by atoms with Crippen LogP contribution in [0.15, 0.2) is 81.1 Å². The Balaban J connectivity index is 1.56. The summed E-state index contributed by atoms with van der Waals surface area (Å²) >= 11 is 3.41. The maximum absolute atomic E-state index is 13.2. The predicted molar refractivity (Wildman–Crippen MR) is 142 cm³/mol. The number of para-hydroxylation sites is 1. The Hall–Kier alpha value is -3.78. The Morgan fingerprint density at radius 3 is 2.69 bits per heavy atom. The molecule has 4 rings (SSSR count). The van der Waals surface area contributed by atoms with E-state index in [2.05, 4.69) is 31.3 Å². The summed E-state index contributed by atoms with van der Waals surface area (Å²) in [6.07, 6.45) is 2.98. The van der Waals surface area contributed by atoms with E-state index >= 15 is 0 Å². The van der Waals surface area contributed by atoms with Crippen LogP contribution in [0.2, 0.25) is 0 Å². The van der Waals surface area contributed by atoms with Crippen molar-refractivity contribution in [1.29, 1.82) is 0 Å². The summed E-state index contributed by atoms with van der Waals surface area (Å²) in [6, 6.07) is 20.2. The summed E-state index contributed by atoms with van der Waals surface area (Å²) < 4.78 is 7.89. The smallest absolute Gasteiger partial charge is 0.282 e. The van der Waals surface area contributed by atoms with E-state index in [1.165, 1.54) is 4.68 Å². The lowest BCUT2D eigenvalue weighted by atomic mass is 10.2. The third-order valence-corrected chi connectivity index (χ3v) is 5.77. The Kier molecular flexibility index (Phi) is 7.72. The Morgan fingerprint density at radius 1 is 1.14 bits per heavy atom. The molecule has 0 fully saturated rings. The zero-order valence-electron chi connectivity index (χ0n) is 19.5. The van der Waals surface area contributed by atoms with Gasteiger partial charge in [0.25, 0.3) is 11.5 Å². The minimum absolute atomic E-state index is 0.161. The van der Waals surface area contributed by atoms with E-state index in [0.717, 1.165) is 16.5 Å². The minimum Gasteiger partial charge on any atom is -0.483 e. The largest absolute Gasteiger partial charge is 0.483 e. The number of ether oxygens (including phenoxy) is 1. The Morgan fingerprint density at radius 2 is 1.91 bits per heavy atom. The van der Waals surface area contributed by atoms with Gasteiger partial charge in [0.05, 0.1) is 17.1 Å². The second kappa shape index (κ2) is 11.1. The van der Waals surface area contributed by atoms with Gasteiger partial charge in [0.2, 0.25) is 0 Å². The number of rotatable bonds is 8. The molecule has 0 unspecified atom stereocenters. The van der Waals surface area contributed by atoms with Gasteiger partial charge < -0.3 is 10.1 Å². The number of hydrogen-bond donors (Lipinski definition) is 1. The van der Waals surface area contributed by atoms with Crippen molar-refractivity contribution in [3.05, 3.63) is 98.5 Å². The molecule has 0 aliphatic heterocycles. The molecule has 1 N–H and O–H groups in total. The lowest BCUT2D eigenvalue weighted by Crippen LogP contribution is -2.22. The zero-order valence-corrected chi connectivity index (χ0v) is 21.1. The van der Waals surface area contributed by atoms with E-state index in [1.807, 2.05) is 68.4 Å². The van der Waals surface area contributed by atoms with Gasteiger partial charge in [0.1, 0.15) is 11.6 Å². The third-order valence-electron chi connectivity index (χ3n) is 5.27. The van der Waals surface area contributed by atoms with Gasteiger partial charge in [-0.25, -0.2) is 4.98 Å². The molecule has 8 heteroatoms. The van der Waals surface area contributed by atoms with E-state index in [9.17, 15) is 9.59 Å². The summed E-state index contributed by atoms with van der Waals surface area (Å²) in [6.45, 7) is 3.85. The number of nitrogens with one attached hydrogen (secondary N) is 1. The normalized spacial score (nSPS) is 11.2. The fourth-order valence-electron chi connectivity index (χ4n) is 3.52. The van der Waals surface area contributed by atoms with Gasteiger partial charge in [-0.3, -0.25) is 9.59 Å². The SMILES string of the molecule is CCCc1nc2ccc(Br)cc2c(=O)n1N=Cc1ccccc1OCC(=O)Nc1ccc(C)cc1. The number of aryl methyl sites for hydroxylation is 2. The highest BCUT2D eigenvalue weighted by molar-refractivity contribution is 9.10. The van der Waals surface area contributed by atoms with Crippen LogP contribution in [0.3, 0.4) is 0 Å². The number of carbonyl (C=O) groups is 1. The van der Waals surface area contributed by atoms with Crippen LogP contribution >= 0.6 is 15.9 Å². The molecule has 3 aromatic carbocycles. The van der Waals surface area contributed by atoms with Crippen LogP contribution in [-0.4, -0.2) is 28.4 Å². The first kappa shape index (κ1) is 24.3. The second-order valence-electron chi connectivity index (χ2n) is 8.04. The quantitative estimate of drug-likeness (QED) is 0.311. The molecular formula is C27H25BrN4O3. The number of amides is 1. The van der Waals surface area contributed by atoms with Crippen LogP contribution in [-0.2, 0) is 11.2 Å². The van der Waals surface area contributed by atoms with Crippen LogP contribution in [0.1, 0.15) is 30.3 Å². The van der Waals surface area contributed by atoms with Gasteiger partial charge in [-0.1, -0.05) is 52.7 Å². The highest BCUT2D eigenvalue weighted by atomic mass is 79.9. The van der Waals surface area contributed by atoms with Crippen molar-refractivity contribution < 1.29 is 9.53 Å². The first-order valence-corrected chi connectivity index (χ1v) is 12.1. The number of benzene rings is 3. The summed E-state index contributed by atoms with van der Waals surface area (Å²) in [5.41, 5.74) is 2.85. The molecule has 0 bridgehead atoms. The zero-order chi connectivity index (χ0) is 24.8. The van der Waals surface area contributed by atoms with Crippen LogP contribution in [0, 0.1) is 6.92 Å². The number of nitrogens with zero attached hydrogens (tertiary/aromatic N) is 3. The summed E-state index contributed by atoms with van der Waals surface area (Å²) in [7, 11) is 0. The van der Waals surface area contributed by atoms with Gasteiger partial charge in [0.15, 0.2) is 6.61 Å². The average molecular weight is 533 g/mol. The summed E-state index contributed by atoms with van der Waals surface area (Å²) in [4.78, 5) is 30.2. The number of fused-ring (bicyclic) bond motifs is 1. The van der Waals surface area contributed by atoms with Gasteiger partial charge in [-0.05, 0) is 55.8 Å². The van der Waals surface area contributed by atoms with Crippen molar-refractivity contribution in [2.75, 3.05) is 11.9 Å². The van der Waals surface area contributed by atoms with Crippen molar-refractivity contribution in [3.63, 3.8) is 0 Å². The average Bonchev–Trinajstić information content (AvgIpc) is 2.85. The van der Waals surface area contributed by atoms with E-state index in [4.69, 9.17) is 4.74 Å². The number of aromatic nitrogens is 2. The molecule has 0 spiro atoms. The van der Waals surface area contributed by atoms with Crippen molar-refractivity contribution in [1.82, 2.24) is 9.66 Å². The molecule has 1 heterocycles. The fourth-order valence-corrected chi connectivity index (χ4v) is 3.88. The molecule has 0 atom stereocenters. The molecule has 178 valence electrons. The van der Waals surface area contributed by atoms with E-state index in [-0.39, 0.29) is 18.1 Å². The van der Waals surface area contributed by atoms with Gasteiger partial charge in [0, 0.05) is 22.1 Å². The second-order valence-corrected chi connectivity index (χ2v) is 8.96. The van der Waals surface area contributed by atoms with E-state index in [1.54, 1.807) is 18.3 Å². The van der Waals surface area contributed by atoms with Crippen molar-refractivity contribution in [2.24, 2.45) is 5.10 Å². The lowest BCUT2D eigenvalue weighted by Gasteiger charge is -2.11. The minimum atomic E-state index is -0.272. The predicted octanol–water partition coefficient (Wildman–Crippen LogP) is 5.32.